The van der Waals surface area contributed by atoms with Gasteiger partial charge in [-0.15, -0.1) is 12.3 Å². The second-order valence-electron chi connectivity index (χ2n) is 3.88. The van der Waals surface area contributed by atoms with Crippen LogP contribution < -0.4 is 5.32 Å². The van der Waals surface area contributed by atoms with E-state index in [4.69, 9.17) is 11.5 Å². The van der Waals surface area contributed by atoms with E-state index in [0.717, 1.165) is 12.2 Å². The number of aliphatic carboxylic acids is 1. The van der Waals surface area contributed by atoms with Crippen molar-refractivity contribution in [3.8, 4) is 12.3 Å². The third-order valence-electron chi connectivity index (χ3n) is 2.62. The maximum atomic E-state index is 11.9. The van der Waals surface area contributed by atoms with Gasteiger partial charge in [-0.2, -0.15) is 11.8 Å². The molecule has 102 valence electrons. The zero-order valence-corrected chi connectivity index (χ0v) is 11.8. The Kier molecular flexibility index (Phi) is 8.05. The Balaban J connectivity index is 4.53. The number of nitrogens with zero attached hydrogens (tertiary/aromatic N) is 1. The number of hydrogen-bond donors (Lipinski definition) is 2. The zero-order chi connectivity index (χ0) is 14.1. The van der Waals surface area contributed by atoms with E-state index < -0.39 is 18.0 Å². The number of urea groups is 1. The molecule has 0 aliphatic carbocycles. The summed E-state index contributed by atoms with van der Waals surface area (Å²) in [5.74, 6) is 1.94. The first-order chi connectivity index (χ1) is 8.47. The van der Waals surface area contributed by atoms with Gasteiger partial charge in [-0.25, -0.2) is 9.59 Å². The van der Waals surface area contributed by atoms with Gasteiger partial charge in [-0.05, 0) is 12.7 Å². The first-order valence-corrected chi connectivity index (χ1v) is 7.05. The topological polar surface area (TPSA) is 69.6 Å². The van der Waals surface area contributed by atoms with Crippen LogP contribution in [0.1, 0.15) is 19.8 Å². The predicted molar refractivity (Wildman–Crippen MR) is 73.6 cm³/mol. The van der Waals surface area contributed by atoms with Crippen LogP contribution in [0.15, 0.2) is 0 Å². The van der Waals surface area contributed by atoms with Gasteiger partial charge in [-0.1, -0.05) is 6.92 Å². The van der Waals surface area contributed by atoms with E-state index in [9.17, 15) is 9.59 Å². The molecule has 2 unspecified atom stereocenters. The molecule has 0 aliphatic rings. The van der Waals surface area contributed by atoms with Gasteiger partial charge in [0.05, 0.1) is 0 Å². The highest BCUT2D eigenvalue weighted by atomic mass is 32.2. The molecule has 0 fully saturated rings. The van der Waals surface area contributed by atoms with Crippen LogP contribution in [-0.2, 0) is 4.79 Å². The summed E-state index contributed by atoms with van der Waals surface area (Å²) in [7, 11) is 1.66. The Hall–Kier alpha value is -1.35. The van der Waals surface area contributed by atoms with Crippen LogP contribution in [0.3, 0.4) is 0 Å². The molecule has 6 heteroatoms. The number of amides is 2. The quantitative estimate of drug-likeness (QED) is 0.684. The lowest BCUT2D eigenvalue weighted by Crippen LogP contribution is -2.50. The van der Waals surface area contributed by atoms with Crippen LogP contribution in [0.4, 0.5) is 4.79 Å². The summed E-state index contributed by atoms with van der Waals surface area (Å²) in [5, 5.41) is 11.3. The van der Waals surface area contributed by atoms with Crippen molar-refractivity contribution < 1.29 is 14.7 Å². The Morgan fingerprint density at radius 2 is 2.17 bits per heavy atom. The Morgan fingerprint density at radius 1 is 1.56 bits per heavy atom. The molecular formula is C12H20N2O3S. The van der Waals surface area contributed by atoms with E-state index in [2.05, 4.69) is 11.2 Å². The molecule has 0 heterocycles. The summed E-state index contributed by atoms with van der Waals surface area (Å²) in [6.45, 7) is 1.99. The number of carboxylic acid groups (broad SMARTS) is 1. The number of carbonyl (C=O) groups excluding carboxylic acids is 1. The monoisotopic (exact) mass is 272 g/mol. The molecule has 0 rings (SSSR count). The van der Waals surface area contributed by atoms with Crippen molar-refractivity contribution >= 4 is 23.8 Å². The van der Waals surface area contributed by atoms with Crippen molar-refractivity contribution in [2.24, 2.45) is 0 Å². The average Bonchev–Trinajstić information content (AvgIpc) is 2.34. The molecule has 2 N–H and O–H groups in total. The van der Waals surface area contributed by atoms with Crippen LogP contribution >= 0.6 is 11.8 Å². The number of carbonyl (C=O) groups is 2. The molecule has 0 saturated heterocycles. The third kappa shape index (κ3) is 5.32. The van der Waals surface area contributed by atoms with Crippen LogP contribution in [0.25, 0.3) is 0 Å². The number of thioether (sulfide) groups is 1. The van der Waals surface area contributed by atoms with Crippen molar-refractivity contribution in [3.05, 3.63) is 0 Å². The number of nitrogens with one attached hydrogen (secondary N) is 1. The molecule has 18 heavy (non-hydrogen) atoms. The molecule has 0 spiro atoms. The second-order valence-corrected chi connectivity index (χ2v) is 4.79. The van der Waals surface area contributed by atoms with Crippen molar-refractivity contribution in [2.75, 3.05) is 19.1 Å². The highest BCUT2D eigenvalue weighted by molar-refractivity contribution is 7.98. The van der Waals surface area contributed by atoms with E-state index >= 15 is 0 Å². The van der Waals surface area contributed by atoms with Crippen molar-refractivity contribution in [3.63, 3.8) is 0 Å². The van der Waals surface area contributed by atoms with Crippen molar-refractivity contribution in [2.45, 2.75) is 31.8 Å². The number of rotatable bonds is 7. The van der Waals surface area contributed by atoms with Gasteiger partial charge in [0.2, 0.25) is 0 Å². The molecule has 0 bridgehead atoms. The van der Waals surface area contributed by atoms with E-state index in [1.54, 1.807) is 18.8 Å². The number of terminal acetylenes is 1. The summed E-state index contributed by atoms with van der Waals surface area (Å²) in [4.78, 5) is 24.3. The fourth-order valence-corrected chi connectivity index (χ4v) is 2.27. The first-order valence-electron chi connectivity index (χ1n) is 5.66. The smallest absolute Gasteiger partial charge is 0.327 e. The van der Waals surface area contributed by atoms with Crippen molar-refractivity contribution in [1.29, 1.82) is 0 Å². The maximum absolute atomic E-state index is 11.9. The molecule has 0 aliphatic heterocycles. The predicted octanol–water partition coefficient (Wildman–Crippen LogP) is 1.25. The molecular weight excluding hydrogens is 252 g/mol. The van der Waals surface area contributed by atoms with Crippen LogP contribution in [-0.4, -0.2) is 53.1 Å². The fourth-order valence-electron chi connectivity index (χ4n) is 1.43. The lowest BCUT2D eigenvalue weighted by Gasteiger charge is -2.28. The van der Waals surface area contributed by atoms with Crippen LogP contribution in [0.5, 0.6) is 0 Å². The lowest BCUT2D eigenvalue weighted by atomic mass is 10.2. The molecule has 0 radical (unpaired) electrons. The van der Waals surface area contributed by atoms with Crippen molar-refractivity contribution in [1.82, 2.24) is 10.2 Å². The molecule has 5 nitrogen and oxygen atoms in total. The average molecular weight is 272 g/mol. The zero-order valence-electron chi connectivity index (χ0n) is 11.0. The first kappa shape index (κ1) is 16.6. The molecule has 0 aromatic rings. The highest BCUT2D eigenvalue weighted by Crippen LogP contribution is 2.08. The normalized spacial score (nSPS) is 13.2. The summed E-state index contributed by atoms with van der Waals surface area (Å²) >= 11 is 1.65. The van der Waals surface area contributed by atoms with Gasteiger partial charge < -0.3 is 15.3 Å². The maximum Gasteiger partial charge on any atom is 0.327 e. The fraction of sp³-hybridized carbons (Fsp3) is 0.667. The standard InChI is InChI=1S/C12H20N2O3S/c1-5-7-10(11(15)16)13-12(17)14(3)9(6-2)8-18-4/h1,9-10H,6-8H2,2-4H3,(H,13,17)(H,15,16). The molecule has 0 aromatic carbocycles. The minimum absolute atomic E-state index is 0.0196. The summed E-state index contributed by atoms with van der Waals surface area (Å²) in [6.07, 6.45) is 7.83. The van der Waals surface area contributed by atoms with Gasteiger partial charge in [-0.3, -0.25) is 0 Å². The molecule has 2 amide bonds. The van der Waals surface area contributed by atoms with Gasteiger partial charge in [0.1, 0.15) is 6.04 Å². The van der Waals surface area contributed by atoms with Crippen LogP contribution in [0, 0.1) is 12.3 Å². The van der Waals surface area contributed by atoms with E-state index in [-0.39, 0.29) is 12.5 Å². The van der Waals surface area contributed by atoms with E-state index in [1.807, 2.05) is 13.2 Å². The second kappa shape index (κ2) is 8.70. The highest BCUT2D eigenvalue weighted by Gasteiger charge is 2.23. The Labute approximate surface area is 112 Å². The van der Waals surface area contributed by atoms with Gasteiger partial charge in [0.15, 0.2) is 0 Å². The third-order valence-corrected chi connectivity index (χ3v) is 3.33. The van der Waals surface area contributed by atoms with E-state index in [0.29, 0.717) is 0 Å². The Bertz CT molecular complexity index is 328. The molecule has 0 aromatic heterocycles. The summed E-state index contributed by atoms with van der Waals surface area (Å²) in [5.41, 5.74) is 0. The van der Waals surface area contributed by atoms with Gasteiger partial charge in [0.25, 0.3) is 0 Å². The Morgan fingerprint density at radius 3 is 2.56 bits per heavy atom. The van der Waals surface area contributed by atoms with Crippen LogP contribution in [0.2, 0.25) is 0 Å². The van der Waals surface area contributed by atoms with Gasteiger partial charge in [0, 0.05) is 25.3 Å². The minimum atomic E-state index is -1.12. The number of carboxylic acids is 1. The SMILES string of the molecule is C#CCC(NC(=O)N(C)C(CC)CSC)C(=O)O. The summed E-state index contributed by atoms with van der Waals surface area (Å²) in [6, 6.07) is -1.35. The minimum Gasteiger partial charge on any atom is -0.480 e. The van der Waals surface area contributed by atoms with E-state index in [1.165, 1.54) is 4.90 Å². The molecule has 2 atom stereocenters. The molecule has 0 saturated carbocycles. The number of hydrogen-bond acceptors (Lipinski definition) is 3. The largest absolute Gasteiger partial charge is 0.480 e. The lowest BCUT2D eigenvalue weighted by molar-refractivity contribution is -0.139. The van der Waals surface area contributed by atoms with Gasteiger partial charge >= 0.3 is 12.0 Å². The summed E-state index contributed by atoms with van der Waals surface area (Å²) < 4.78 is 0.